The molecule has 0 N–H and O–H groups in total. The molecule has 0 radical (unpaired) electrons. The van der Waals surface area contributed by atoms with Crippen LogP contribution in [0.3, 0.4) is 0 Å². The van der Waals surface area contributed by atoms with Crippen molar-refractivity contribution in [1.82, 2.24) is 0 Å². The summed E-state index contributed by atoms with van der Waals surface area (Å²) in [5.74, 6) is 0. The first-order valence-corrected chi connectivity index (χ1v) is 12.1. The molecule has 1 aromatic heterocycles. The van der Waals surface area contributed by atoms with E-state index in [4.69, 9.17) is 4.11 Å². The van der Waals surface area contributed by atoms with Crippen molar-refractivity contribution in [2.75, 3.05) is 0 Å². The van der Waals surface area contributed by atoms with Gasteiger partial charge in [0.2, 0.25) is 5.69 Å². The van der Waals surface area contributed by atoms with Crippen LogP contribution >= 0.6 is 0 Å². The zero-order valence-electron chi connectivity index (χ0n) is 19.5. The Morgan fingerprint density at radius 3 is 2.12 bits per heavy atom. The summed E-state index contributed by atoms with van der Waals surface area (Å²) in [6, 6.07) is 6.37. The van der Waals surface area contributed by atoms with Gasteiger partial charge in [-0.2, -0.15) is 13.2 Å². The second-order valence-electron chi connectivity index (χ2n) is 8.50. The number of alkyl halides is 3. The van der Waals surface area contributed by atoms with E-state index in [-0.39, 0.29) is 5.56 Å². The molecule has 0 spiro atoms. The largest absolute Gasteiger partial charge is 0.397 e. The Kier molecular flexibility index (Phi) is 4.15. The lowest BCUT2D eigenvalue weighted by atomic mass is 9.82. The van der Waals surface area contributed by atoms with Crippen molar-refractivity contribution < 1.29 is 21.9 Å². The standard InChI is InChI=1S/C21H29F3NSi/c1-14-11-16(20(3,4)21(22,23)24)9-10-17(14)18-12-15(2)19(13-25(18)5)26(6,7)8/h9-13H,1-8H3/q+1/i2D3. The van der Waals surface area contributed by atoms with Gasteiger partial charge in [0, 0.05) is 20.9 Å². The first-order valence-electron chi connectivity index (χ1n) is 10.1. The van der Waals surface area contributed by atoms with E-state index < -0.39 is 26.5 Å². The Labute approximate surface area is 160 Å². The number of pyridine rings is 1. The molecule has 0 atom stereocenters. The molecule has 0 aliphatic heterocycles. The quantitative estimate of drug-likeness (QED) is 0.508. The summed E-state index contributed by atoms with van der Waals surface area (Å²) in [6.07, 6.45) is -2.49. The average molecular weight is 384 g/mol. The summed E-state index contributed by atoms with van der Waals surface area (Å²) in [6.45, 7) is 8.11. The van der Waals surface area contributed by atoms with Gasteiger partial charge in [-0.05, 0) is 50.4 Å². The molecular formula is C21H29F3NSi+. The molecule has 26 heavy (non-hydrogen) atoms. The monoisotopic (exact) mass is 383 g/mol. The van der Waals surface area contributed by atoms with E-state index >= 15 is 0 Å². The van der Waals surface area contributed by atoms with Gasteiger partial charge < -0.3 is 0 Å². The molecule has 142 valence electrons. The summed E-state index contributed by atoms with van der Waals surface area (Å²) in [7, 11) is -0.0746. The average Bonchev–Trinajstić information content (AvgIpc) is 2.51. The second-order valence-corrected chi connectivity index (χ2v) is 13.5. The number of nitrogens with zero attached hydrogens (tertiary/aromatic N) is 1. The molecule has 0 aliphatic carbocycles. The van der Waals surface area contributed by atoms with E-state index in [1.807, 2.05) is 17.8 Å². The van der Waals surface area contributed by atoms with Gasteiger partial charge in [-0.25, -0.2) is 4.57 Å². The summed E-state index contributed by atoms with van der Waals surface area (Å²) in [5.41, 5.74) is 0.610. The molecule has 2 aromatic rings. The molecular weight excluding hydrogens is 351 g/mol. The minimum absolute atomic E-state index is 0.184. The Bertz CT molecular complexity index is 926. The van der Waals surface area contributed by atoms with Gasteiger partial charge >= 0.3 is 6.18 Å². The maximum Gasteiger partial charge on any atom is 0.397 e. The summed E-state index contributed by atoms with van der Waals surface area (Å²) >= 11 is 0. The van der Waals surface area contributed by atoms with Crippen LogP contribution in [0.2, 0.25) is 19.6 Å². The maximum atomic E-state index is 13.4. The van der Waals surface area contributed by atoms with Crippen LogP contribution in [-0.4, -0.2) is 14.3 Å². The van der Waals surface area contributed by atoms with E-state index in [0.29, 0.717) is 16.8 Å². The minimum Gasteiger partial charge on any atom is -0.201 e. The number of benzene rings is 1. The molecule has 1 aromatic carbocycles. The number of hydrogen-bond donors (Lipinski definition) is 0. The molecule has 0 bridgehead atoms. The lowest BCUT2D eigenvalue weighted by molar-refractivity contribution is -0.659. The number of aryl methyl sites for hydroxylation is 3. The number of rotatable bonds is 3. The fourth-order valence-electron chi connectivity index (χ4n) is 3.02. The molecule has 0 fully saturated rings. The SMILES string of the molecule is [2H]C([2H])([2H])c1cc(-c2ccc(C(C)(C)C(F)(F)F)cc2C)[n+](C)cc1[Si](C)(C)C. The Hall–Kier alpha value is -1.62. The fraction of sp³-hybridized carbons (Fsp3) is 0.476. The van der Waals surface area contributed by atoms with Crippen LogP contribution in [0.15, 0.2) is 30.5 Å². The molecule has 2 rings (SSSR count). The third-order valence-electron chi connectivity index (χ3n) is 5.01. The smallest absolute Gasteiger partial charge is 0.201 e. The Balaban J connectivity index is 2.70. The van der Waals surface area contributed by atoms with Crippen LogP contribution in [0.5, 0.6) is 0 Å². The van der Waals surface area contributed by atoms with Crippen LogP contribution in [0, 0.1) is 13.8 Å². The maximum absolute atomic E-state index is 13.4. The zero-order chi connectivity index (χ0) is 22.6. The van der Waals surface area contributed by atoms with Crippen LogP contribution in [0.4, 0.5) is 13.2 Å². The van der Waals surface area contributed by atoms with Crippen molar-refractivity contribution in [3.8, 4) is 11.3 Å². The Morgan fingerprint density at radius 1 is 1.04 bits per heavy atom. The van der Waals surface area contributed by atoms with E-state index in [1.165, 1.54) is 6.07 Å². The highest BCUT2D eigenvalue weighted by Gasteiger charge is 2.48. The van der Waals surface area contributed by atoms with Crippen LogP contribution in [0.25, 0.3) is 11.3 Å². The number of halogens is 3. The molecule has 1 nitrogen and oxygen atoms in total. The van der Waals surface area contributed by atoms with Gasteiger partial charge in [0.1, 0.15) is 7.05 Å². The number of aromatic nitrogens is 1. The third kappa shape index (κ3) is 3.73. The Morgan fingerprint density at radius 2 is 1.65 bits per heavy atom. The van der Waals surface area contributed by atoms with E-state index in [2.05, 4.69) is 19.6 Å². The van der Waals surface area contributed by atoms with Crippen molar-refractivity contribution in [2.24, 2.45) is 7.05 Å². The van der Waals surface area contributed by atoms with Crippen LogP contribution < -0.4 is 9.75 Å². The zero-order valence-corrected chi connectivity index (χ0v) is 17.5. The minimum atomic E-state index is -4.36. The molecule has 0 saturated heterocycles. The second kappa shape index (κ2) is 6.52. The van der Waals surface area contributed by atoms with Gasteiger partial charge in [0.25, 0.3) is 0 Å². The third-order valence-corrected chi connectivity index (χ3v) is 7.03. The first kappa shape index (κ1) is 16.5. The summed E-state index contributed by atoms with van der Waals surface area (Å²) in [4.78, 5) is 0. The van der Waals surface area contributed by atoms with Gasteiger partial charge in [0.15, 0.2) is 6.20 Å². The molecule has 1 heterocycles. The van der Waals surface area contributed by atoms with Gasteiger partial charge in [-0.3, -0.25) is 0 Å². The van der Waals surface area contributed by atoms with E-state index in [0.717, 1.165) is 24.6 Å². The highest BCUT2D eigenvalue weighted by Crippen LogP contribution is 2.41. The molecule has 0 saturated carbocycles. The van der Waals surface area contributed by atoms with Crippen molar-refractivity contribution in [3.63, 3.8) is 0 Å². The highest BCUT2D eigenvalue weighted by molar-refractivity contribution is 6.88. The first-order chi connectivity index (χ1) is 12.9. The summed E-state index contributed by atoms with van der Waals surface area (Å²) < 4.78 is 66.1. The van der Waals surface area contributed by atoms with Crippen LogP contribution in [-0.2, 0) is 12.5 Å². The predicted octanol–water partition coefficient (Wildman–Crippen LogP) is 5.18. The molecule has 0 amide bonds. The number of hydrogen-bond acceptors (Lipinski definition) is 0. The topological polar surface area (TPSA) is 3.88 Å². The van der Waals surface area contributed by atoms with Crippen molar-refractivity contribution in [3.05, 3.63) is 47.2 Å². The van der Waals surface area contributed by atoms with Crippen molar-refractivity contribution >= 4 is 13.3 Å². The highest BCUT2D eigenvalue weighted by atomic mass is 28.3. The summed E-state index contributed by atoms with van der Waals surface area (Å²) in [5, 5.41) is 0.858. The normalized spacial score (nSPS) is 15.4. The molecule has 0 unspecified atom stereocenters. The predicted molar refractivity (Wildman–Crippen MR) is 105 cm³/mol. The lowest BCUT2D eigenvalue weighted by Gasteiger charge is -2.28. The molecule has 0 aliphatic rings. The van der Waals surface area contributed by atoms with Gasteiger partial charge in [-0.15, -0.1) is 0 Å². The van der Waals surface area contributed by atoms with Gasteiger partial charge in [0.05, 0.1) is 13.5 Å². The molecule has 5 heteroatoms. The fourth-order valence-corrected chi connectivity index (χ4v) is 4.48. The van der Waals surface area contributed by atoms with Crippen molar-refractivity contribution in [2.45, 2.75) is 58.9 Å². The van der Waals surface area contributed by atoms with Crippen LogP contribution in [0.1, 0.15) is 34.7 Å². The lowest BCUT2D eigenvalue weighted by Crippen LogP contribution is -2.46. The van der Waals surface area contributed by atoms with Gasteiger partial charge in [-0.1, -0.05) is 31.8 Å². The van der Waals surface area contributed by atoms with E-state index in [9.17, 15) is 13.2 Å². The van der Waals surface area contributed by atoms with E-state index in [1.54, 1.807) is 25.1 Å². The van der Waals surface area contributed by atoms with Crippen molar-refractivity contribution in [1.29, 1.82) is 0 Å².